The molecule has 2 heterocycles. The third kappa shape index (κ3) is 2.02. The molecule has 110 valence electrons. The molecule has 1 aliphatic rings. The van der Waals surface area contributed by atoms with E-state index in [0.29, 0.717) is 18.2 Å². The average molecular weight is 310 g/mol. The molecule has 5 heteroatoms. The van der Waals surface area contributed by atoms with Gasteiger partial charge >= 0.3 is 0 Å². The fourth-order valence-corrected chi connectivity index (χ4v) is 3.03. The molecule has 1 aliphatic heterocycles. The minimum absolute atomic E-state index is 0.377. The number of ether oxygens (including phenoxy) is 2. The predicted octanol–water partition coefficient (Wildman–Crippen LogP) is 3.24. The summed E-state index contributed by atoms with van der Waals surface area (Å²) in [6.07, 6.45) is 0. The van der Waals surface area contributed by atoms with E-state index in [1.54, 1.807) is 0 Å². The Morgan fingerprint density at radius 3 is 2.64 bits per heavy atom. The lowest BCUT2D eigenvalue weighted by Gasteiger charge is -2.18. The van der Waals surface area contributed by atoms with E-state index in [9.17, 15) is 0 Å². The second-order valence-electron chi connectivity index (χ2n) is 5.14. The van der Waals surface area contributed by atoms with E-state index in [1.165, 1.54) is 0 Å². The lowest BCUT2D eigenvalue weighted by atomic mass is 10.0. The van der Waals surface area contributed by atoms with Gasteiger partial charge in [-0.25, -0.2) is 0 Å². The van der Waals surface area contributed by atoms with Crippen molar-refractivity contribution in [2.24, 2.45) is 5.73 Å². The van der Waals surface area contributed by atoms with Gasteiger partial charge in [0.25, 0.3) is 0 Å². The maximum absolute atomic E-state index is 5.96. The maximum Gasteiger partial charge on any atom is 0.162 e. The summed E-state index contributed by atoms with van der Waals surface area (Å²) in [5.41, 5.74) is 9.71. The van der Waals surface area contributed by atoms with Crippen LogP contribution in [0.5, 0.6) is 11.5 Å². The molecular formula is C17H14N2O2S. The van der Waals surface area contributed by atoms with Gasteiger partial charge in [-0.05, 0) is 24.3 Å². The first kappa shape index (κ1) is 13.2. The highest BCUT2D eigenvalue weighted by atomic mass is 32.1. The van der Waals surface area contributed by atoms with Crippen LogP contribution < -0.4 is 15.2 Å². The summed E-state index contributed by atoms with van der Waals surface area (Å²) >= 11 is 5.25. The topological polar surface area (TPSA) is 60.3 Å². The van der Waals surface area contributed by atoms with E-state index >= 15 is 0 Å². The Morgan fingerprint density at radius 1 is 1.05 bits per heavy atom. The number of H-pyrrole nitrogens is 1. The van der Waals surface area contributed by atoms with Crippen LogP contribution in [-0.4, -0.2) is 23.2 Å². The summed E-state index contributed by atoms with van der Waals surface area (Å²) in [5.74, 6) is 1.51. The Kier molecular flexibility index (Phi) is 3.01. The summed E-state index contributed by atoms with van der Waals surface area (Å²) in [6.45, 7) is 1.14. The second-order valence-corrected chi connectivity index (χ2v) is 5.58. The van der Waals surface area contributed by atoms with Crippen LogP contribution in [0.15, 0.2) is 42.5 Å². The van der Waals surface area contributed by atoms with E-state index in [1.807, 2.05) is 42.5 Å². The number of benzene rings is 2. The molecule has 0 radical (unpaired) electrons. The summed E-state index contributed by atoms with van der Waals surface area (Å²) in [6, 6.07) is 13.8. The van der Waals surface area contributed by atoms with Crippen LogP contribution in [-0.2, 0) is 0 Å². The minimum Gasteiger partial charge on any atom is -0.486 e. The number of nitrogens with two attached hydrogens (primary N) is 1. The second kappa shape index (κ2) is 5.03. The van der Waals surface area contributed by atoms with Crippen molar-refractivity contribution < 1.29 is 9.47 Å². The third-order valence-corrected chi connectivity index (χ3v) is 3.99. The van der Waals surface area contributed by atoms with Gasteiger partial charge in [-0.2, -0.15) is 0 Å². The number of hydrogen-bond donors (Lipinski definition) is 2. The van der Waals surface area contributed by atoms with Gasteiger partial charge in [-0.1, -0.05) is 30.4 Å². The first-order valence-corrected chi connectivity index (χ1v) is 7.45. The molecule has 3 N–H and O–H groups in total. The minimum atomic E-state index is 0.377. The first-order chi connectivity index (χ1) is 10.7. The highest BCUT2D eigenvalue weighted by Gasteiger charge is 2.18. The molecule has 22 heavy (non-hydrogen) atoms. The number of hydrogen-bond acceptors (Lipinski definition) is 3. The molecule has 0 unspecified atom stereocenters. The Hall–Kier alpha value is -2.53. The highest BCUT2D eigenvalue weighted by Crippen LogP contribution is 2.37. The van der Waals surface area contributed by atoms with Crippen LogP contribution >= 0.6 is 12.2 Å². The Morgan fingerprint density at radius 2 is 1.82 bits per heavy atom. The van der Waals surface area contributed by atoms with Crippen molar-refractivity contribution in [3.8, 4) is 22.8 Å². The van der Waals surface area contributed by atoms with E-state index in [0.717, 1.165) is 39.2 Å². The highest BCUT2D eigenvalue weighted by molar-refractivity contribution is 7.80. The number of fused-ring (bicyclic) bond motifs is 2. The monoisotopic (exact) mass is 310 g/mol. The molecule has 0 atom stereocenters. The molecule has 3 aromatic rings. The normalized spacial score (nSPS) is 13.3. The molecule has 4 nitrogen and oxygen atoms in total. The molecule has 4 rings (SSSR count). The number of nitrogens with one attached hydrogen (secondary N) is 1. The van der Waals surface area contributed by atoms with Crippen LogP contribution in [0.2, 0.25) is 0 Å². The molecule has 0 bridgehead atoms. The zero-order valence-electron chi connectivity index (χ0n) is 11.8. The summed E-state index contributed by atoms with van der Waals surface area (Å²) in [5, 5.41) is 1.03. The fourth-order valence-electron chi connectivity index (χ4n) is 2.81. The number of thiocarbonyl (C=S) groups is 1. The summed E-state index contributed by atoms with van der Waals surface area (Å²) in [4.78, 5) is 3.78. The first-order valence-electron chi connectivity index (χ1n) is 7.04. The van der Waals surface area contributed by atoms with Gasteiger partial charge in [0.05, 0.1) is 5.69 Å². The standard InChI is InChI=1S/C17H14N2O2S/c18-17(22)15-11-3-1-2-4-12(11)19-16(15)10-5-6-13-14(9-10)21-8-7-20-13/h1-6,9,19H,7-8H2,(H2,18,22). The van der Waals surface area contributed by atoms with Crippen molar-refractivity contribution >= 4 is 28.1 Å². The van der Waals surface area contributed by atoms with Crippen molar-refractivity contribution in [1.82, 2.24) is 4.98 Å². The van der Waals surface area contributed by atoms with Crippen molar-refractivity contribution in [1.29, 1.82) is 0 Å². The molecule has 0 saturated heterocycles. The van der Waals surface area contributed by atoms with Gasteiger partial charge in [0, 0.05) is 22.0 Å². The number of rotatable bonds is 2. The van der Waals surface area contributed by atoms with Crippen molar-refractivity contribution in [3.05, 3.63) is 48.0 Å². The molecule has 0 aliphatic carbocycles. The smallest absolute Gasteiger partial charge is 0.162 e. The van der Waals surface area contributed by atoms with Gasteiger partial charge in [-0.15, -0.1) is 0 Å². The van der Waals surface area contributed by atoms with E-state index in [-0.39, 0.29) is 0 Å². The number of aromatic nitrogens is 1. The molecule has 1 aromatic heterocycles. The Labute approximate surface area is 132 Å². The van der Waals surface area contributed by atoms with Crippen LogP contribution in [0.4, 0.5) is 0 Å². The lowest BCUT2D eigenvalue weighted by Crippen LogP contribution is -2.15. The van der Waals surface area contributed by atoms with Crippen LogP contribution in [0.25, 0.3) is 22.2 Å². The Bertz CT molecular complexity index is 885. The van der Waals surface area contributed by atoms with Crippen LogP contribution in [0, 0.1) is 0 Å². The van der Waals surface area contributed by atoms with E-state index in [2.05, 4.69) is 4.98 Å². The Balaban J connectivity index is 1.94. The lowest BCUT2D eigenvalue weighted by molar-refractivity contribution is 0.171. The number of aromatic amines is 1. The maximum atomic E-state index is 5.96. The van der Waals surface area contributed by atoms with Crippen molar-refractivity contribution in [2.45, 2.75) is 0 Å². The molecule has 0 fully saturated rings. The molecule has 2 aromatic carbocycles. The summed E-state index contributed by atoms with van der Waals surface area (Å²) < 4.78 is 11.2. The zero-order chi connectivity index (χ0) is 15.1. The van der Waals surface area contributed by atoms with Gasteiger partial charge in [0.2, 0.25) is 0 Å². The van der Waals surface area contributed by atoms with Gasteiger partial charge < -0.3 is 20.2 Å². The predicted molar refractivity (Wildman–Crippen MR) is 90.6 cm³/mol. The van der Waals surface area contributed by atoms with E-state index in [4.69, 9.17) is 27.4 Å². The van der Waals surface area contributed by atoms with Crippen molar-refractivity contribution in [3.63, 3.8) is 0 Å². The van der Waals surface area contributed by atoms with Crippen molar-refractivity contribution in [2.75, 3.05) is 13.2 Å². The fraction of sp³-hybridized carbons (Fsp3) is 0.118. The van der Waals surface area contributed by atoms with Crippen LogP contribution in [0.1, 0.15) is 5.56 Å². The largest absolute Gasteiger partial charge is 0.486 e. The molecular weight excluding hydrogens is 296 g/mol. The van der Waals surface area contributed by atoms with Gasteiger partial charge in [-0.3, -0.25) is 0 Å². The molecule has 0 amide bonds. The molecule has 0 spiro atoms. The SMILES string of the molecule is NC(=S)c1c(-c2ccc3c(c2)OCCO3)[nH]c2ccccc12. The van der Waals surface area contributed by atoms with Gasteiger partial charge in [0.15, 0.2) is 11.5 Å². The van der Waals surface area contributed by atoms with Gasteiger partial charge in [0.1, 0.15) is 18.2 Å². The van der Waals surface area contributed by atoms with Crippen LogP contribution in [0.3, 0.4) is 0 Å². The van der Waals surface area contributed by atoms with E-state index < -0.39 is 0 Å². The quantitative estimate of drug-likeness (QED) is 0.713. The average Bonchev–Trinajstić information content (AvgIpc) is 2.94. The molecule has 0 saturated carbocycles. The summed E-state index contributed by atoms with van der Waals surface area (Å²) in [7, 11) is 0. The number of para-hydroxylation sites is 1. The third-order valence-electron chi connectivity index (χ3n) is 3.78. The zero-order valence-corrected chi connectivity index (χ0v) is 12.6.